The summed E-state index contributed by atoms with van der Waals surface area (Å²) in [5, 5.41) is 32.2. The van der Waals surface area contributed by atoms with Gasteiger partial charge in [-0.1, -0.05) is 49.1 Å². The third-order valence-electron chi connectivity index (χ3n) is 4.71. The lowest BCUT2D eigenvalue weighted by atomic mass is 10.0. The van der Waals surface area contributed by atoms with Crippen LogP contribution < -0.4 is 0 Å². The molecular weight excluding hydrogens is 364 g/mol. The Morgan fingerprint density at radius 3 is 2.21 bits per heavy atom. The van der Waals surface area contributed by atoms with Gasteiger partial charge < -0.3 is 15.3 Å². The first kappa shape index (κ1) is 20.3. The van der Waals surface area contributed by atoms with Crippen LogP contribution in [0, 0.1) is 6.92 Å². The summed E-state index contributed by atoms with van der Waals surface area (Å²) >= 11 is 0. The molecule has 0 aliphatic carbocycles. The summed E-state index contributed by atoms with van der Waals surface area (Å²) in [7, 11) is 0. The molecule has 1 unspecified atom stereocenters. The molecule has 3 N–H and O–H groups in total. The zero-order valence-corrected chi connectivity index (χ0v) is 16.3. The maximum absolute atomic E-state index is 10.2. The summed E-state index contributed by atoms with van der Waals surface area (Å²) in [5.41, 5.74) is 3.00. The van der Waals surface area contributed by atoms with Gasteiger partial charge in [0.1, 0.15) is 11.5 Å². The molecule has 0 saturated heterocycles. The summed E-state index contributed by atoms with van der Waals surface area (Å²) in [6.07, 6.45) is 4.02. The van der Waals surface area contributed by atoms with Crippen molar-refractivity contribution in [2.75, 3.05) is 13.1 Å². The number of phenolic OH excluding ortho intramolecular Hbond substituents is 2. The number of aromatic hydroxyl groups is 2. The molecule has 3 aromatic carbocycles. The van der Waals surface area contributed by atoms with Crippen LogP contribution in [0.25, 0.3) is 16.8 Å². The standard InChI is InChI=1S/C24H24N2O3/c1-3-19-16(2)8-10-23(28)21(19)14-25-12-18(27)13-26-15-22-20-7-5-4-6-17(20)9-11-24(22)29/h3-11,14-15,18,27-29H,1,12-13H2,2H3. The lowest BCUT2D eigenvalue weighted by Crippen LogP contribution is -2.15. The van der Waals surface area contributed by atoms with Gasteiger partial charge in [0.05, 0.1) is 19.2 Å². The number of hydrogen-bond donors (Lipinski definition) is 3. The number of aliphatic hydroxyl groups is 1. The van der Waals surface area contributed by atoms with Gasteiger partial charge in [-0.3, -0.25) is 9.98 Å². The predicted molar refractivity (Wildman–Crippen MR) is 119 cm³/mol. The van der Waals surface area contributed by atoms with Gasteiger partial charge in [0, 0.05) is 23.6 Å². The van der Waals surface area contributed by atoms with Gasteiger partial charge in [-0.15, -0.1) is 0 Å². The molecule has 0 amide bonds. The van der Waals surface area contributed by atoms with E-state index in [9.17, 15) is 15.3 Å². The zero-order valence-electron chi connectivity index (χ0n) is 16.3. The first-order chi connectivity index (χ1) is 14.0. The molecule has 0 spiro atoms. The van der Waals surface area contributed by atoms with Gasteiger partial charge in [0.15, 0.2) is 0 Å². The fourth-order valence-electron chi connectivity index (χ4n) is 3.15. The highest BCUT2D eigenvalue weighted by Gasteiger charge is 2.08. The molecule has 1 atom stereocenters. The first-order valence-corrected chi connectivity index (χ1v) is 9.34. The highest BCUT2D eigenvalue weighted by Crippen LogP contribution is 2.25. The summed E-state index contributed by atoms with van der Waals surface area (Å²) < 4.78 is 0. The van der Waals surface area contributed by atoms with Crippen molar-refractivity contribution >= 4 is 29.3 Å². The van der Waals surface area contributed by atoms with Crippen LogP contribution >= 0.6 is 0 Å². The summed E-state index contributed by atoms with van der Waals surface area (Å²) in [6, 6.07) is 14.6. The molecule has 0 radical (unpaired) electrons. The molecule has 0 aliphatic rings. The van der Waals surface area contributed by atoms with Gasteiger partial charge in [-0.05, 0) is 41.0 Å². The number of aliphatic imine (C=N–C) groups is 2. The van der Waals surface area contributed by atoms with Crippen molar-refractivity contribution in [3.05, 3.63) is 77.4 Å². The van der Waals surface area contributed by atoms with Gasteiger partial charge in [-0.25, -0.2) is 0 Å². The Morgan fingerprint density at radius 1 is 0.862 bits per heavy atom. The van der Waals surface area contributed by atoms with Crippen molar-refractivity contribution in [2.45, 2.75) is 13.0 Å². The van der Waals surface area contributed by atoms with Crippen molar-refractivity contribution in [1.29, 1.82) is 0 Å². The van der Waals surface area contributed by atoms with Crippen LogP contribution in [0.1, 0.15) is 22.3 Å². The molecule has 29 heavy (non-hydrogen) atoms. The minimum Gasteiger partial charge on any atom is -0.507 e. The second-order valence-corrected chi connectivity index (χ2v) is 6.79. The van der Waals surface area contributed by atoms with E-state index < -0.39 is 6.10 Å². The number of fused-ring (bicyclic) bond motifs is 1. The molecule has 0 heterocycles. The molecule has 148 valence electrons. The van der Waals surface area contributed by atoms with Crippen LogP contribution in [0.2, 0.25) is 0 Å². The molecule has 0 aliphatic heterocycles. The first-order valence-electron chi connectivity index (χ1n) is 9.34. The van der Waals surface area contributed by atoms with Crippen molar-refractivity contribution in [3.8, 4) is 11.5 Å². The van der Waals surface area contributed by atoms with Crippen molar-refractivity contribution < 1.29 is 15.3 Å². The molecule has 0 saturated carbocycles. The molecule has 0 aromatic heterocycles. The van der Waals surface area contributed by atoms with E-state index in [1.807, 2.05) is 43.3 Å². The number of hydrogen-bond acceptors (Lipinski definition) is 5. The van der Waals surface area contributed by atoms with Crippen LogP contribution in [0.15, 0.2) is 65.1 Å². The van der Waals surface area contributed by atoms with E-state index in [-0.39, 0.29) is 24.6 Å². The van der Waals surface area contributed by atoms with E-state index in [1.165, 1.54) is 0 Å². The number of nitrogens with zero attached hydrogens (tertiary/aromatic N) is 2. The lowest BCUT2D eigenvalue weighted by Gasteiger charge is -2.08. The molecule has 5 heteroatoms. The fraction of sp³-hybridized carbons (Fsp3) is 0.167. The van der Waals surface area contributed by atoms with Gasteiger partial charge in [0.2, 0.25) is 0 Å². The minimum absolute atomic E-state index is 0.119. The van der Waals surface area contributed by atoms with Crippen molar-refractivity contribution in [1.82, 2.24) is 0 Å². The van der Waals surface area contributed by atoms with Gasteiger partial charge in [0.25, 0.3) is 0 Å². The van der Waals surface area contributed by atoms with E-state index in [0.717, 1.165) is 21.9 Å². The van der Waals surface area contributed by atoms with Crippen LogP contribution in [0.3, 0.4) is 0 Å². The van der Waals surface area contributed by atoms with E-state index in [2.05, 4.69) is 16.6 Å². The SMILES string of the molecule is C=Cc1c(C)ccc(O)c1C=NCC(O)CN=Cc1c(O)ccc2ccccc12. The molecular formula is C24H24N2O3. The lowest BCUT2D eigenvalue weighted by molar-refractivity contribution is 0.193. The quantitative estimate of drug-likeness (QED) is 0.533. The number of rotatable bonds is 7. The van der Waals surface area contributed by atoms with E-state index in [0.29, 0.717) is 11.1 Å². The largest absolute Gasteiger partial charge is 0.507 e. The van der Waals surface area contributed by atoms with Crippen molar-refractivity contribution in [2.24, 2.45) is 9.98 Å². The normalized spacial score (nSPS) is 12.8. The Hall–Kier alpha value is -3.44. The Kier molecular flexibility index (Phi) is 6.42. The second kappa shape index (κ2) is 9.17. The average molecular weight is 388 g/mol. The Labute approximate surface area is 170 Å². The van der Waals surface area contributed by atoms with Gasteiger partial charge >= 0.3 is 0 Å². The fourth-order valence-corrected chi connectivity index (χ4v) is 3.15. The average Bonchev–Trinajstić information content (AvgIpc) is 2.72. The van der Waals surface area contributed by atoms with E-state index in [1.54, 1.807) is 30.6 Å². The number of phenols is 2. The highest BCUT2D eigenvalue weighted by molar-refractivity contribution is 6.02. The predicted octanol–water partition coefficient (Wildman–Crippen LogP) is 4.10. The minimum atomic E-state index is -0.779. The summed E-state index contributed by atoms with van der Waals surface area (Å²) in [6.45, 7) is 5.99. The van der Waals surface area contributed by atoms with Crippen LogP contribution in [0.5, 0.6) is 11.5 Å². The third kappa shape index (κ3) is 4.70. The number of aliphatic hydroxyl groups excluding tert-OH is 1. The maximum Gasteiger partial charge on any atom is 0.124 e. The topological polar surface area (TPSA) is 85.4 Å². The number of aryl methyl sites for hydroxylation is 1. The smallest absolute Gasteiger partial charge is 0.124 e. The Balaban J connectivity index is 1.67. The summed E-state index contributed by atoms with van der Waals surface area (Å²) in [4.78, 5) is 8.51. The van der Waals surface area contributed by atoms with Crippen LogP contribution in [0.4, 0.5) is 0 Å². The summed E-state index contributed by atoms with van der Waals surface area (Å²) in [5.74, 6) is 0.264. The molecule has 3 rings (SSSR count). The number of benzene rings is 3. The van der Waals surface area contributed by atoms with Crippen molar-refractivity contribution in [3.63, 3.8) is 0 Å². The molecule has 0 fully saturated rings. The van der Waals surface area contributed by atoms with E-state index in [4.69, 9.17) is 0 Å². The third-order valence-corrected chi connectivity index (χ3v) is 4.71. The highest BCUT2D eigenvalue weighted by atomic mass is 16.3. The molecule has 0 bridgehead atoms. The monoisotopic (exact) mass is 388 g/mol. The van der Waals surface area contributed by atoms with Crippen LogP contribution in [-0.2, 0) is 0 Å². The molecule has 3 aromatic rings. The Morgan fingerprint density at radius 2 is 1.48 bits per heavy atom. The zero-order chi connectivity index (χ0) is 20.8. The van der Waals surface area contributed by atoms with Crippen LogP contribution in [-0.4, -0.2) is 46.9 Å². The van der Waals surface area contributed by atoms with Gasteiger partial charge in [-0.2, -0.15) is 0 Å². The maximum atomic E-state index is 10.2. The Bertz CT molecular complexity index is 1090. The second-order valence-electron chi connectivity index (χ2n) is 6.79. The van der Waals surface area contributed by atoms with E-state index >= 15 is 0 Å². The molecule has 5 nitrogen and oxygen atoms in total.